The Hall–Kier alpha value is -4.68. The maximum Gasteiger partial charge on any atom is 0.0998 e. The van der Waals surface area contributed by atoms with E-state index in [9.17, 15) is 5.26 Å². The molecule has 0 bridgehead atoms. The van der Waals surface area contributed by atoms with Gasteiger partial charge in [-0.05, 0) is 58.5 Å². The van der Waals surface area contributed by atoms with Crippen molar-refractivity contribution in [3.05, 3.63) is 121 Å². The summed E-state index contributed by atoms with van der Waals surface area (Å²) in [6.45, 7) is 6.75. The molecule has 0 N–H and O–H groups in total. The van der Waals surface area contributed by atoms with E-state index in [0.717, 1.165) is 39.0 Å². The molecule has 4 aromatic carbocycles. The van der Waals surface area contributed by atoms with E-state index in [1.54, 1.807) is 12.4 Å². The number of rotatable bonds is 3. The molecule has 2 heterocycles. The van der Waals surface area contributed by atoms with Crippen molar-refractivity contribution in [2.75, 3.05) is 0 Å². The molecule has 178 valence electrons. The van der Waals surface area contributed by atoms with Crippen LogP contribution in [0.5, 0.6) is 0 Å². The van der Waals surface area contributed by atoms with Crippen LogP contribution in [0.4, 0.5) is 0 Å². The van der Waals surface area contributed by atoms with E-state index < -0.39 is 0 Å². The van der Waals surface area contributed by atoms with Crippen LogP contribution >= 0.6 is 0 Å². The van der Waals surface area contributed by atoms with Crippen LogP contribution in [-0.4, -0.2) is 9.55 Å². The van der Waals surface area contributed by atoms with Gasteiger partial charge in [0.05, 0.1) is 28.4 Å². The van der Waals surface area contributed by atoms with Crippen molar-refractivity contribution in [3.63, 3.8) is 0 Å². The Morgan fingerprint density at radius 3 is 2.08 bits per heavy atom. The Bertz CT molecular complexity index is 1800. The molecule has 0 spiro atoms. The zero-order valence-electron chi connectivity index (χ0n) is 21.2. The number of para-hydroxylation sites is 1. The average Bonchev–Trinajstić information content (AvgIpc) is 3.26. The summed E-state index contributed by atoms with van der Waals surface area (Å²) in [6.07, 6.45) is 3.55. The van der Waals surface area contributed by atoms with Crippen molar-refractivity contribution in [2.24, 2.45) is 0 Å². The van der Waals surface area contributed by atoms with Gasteiger partial charge in [-0.1, -0.05) is 81.4 Å². The minimum Gasteiger partial charge on any atom is -0.309 e. The van der Waals surface area contributed by atoms with Crippen molar-refractivity contribution >= 4 is 21.8 Å². The van der Waals surface area contributed by atoms with Crippen molar-refractivity contribution in [2.45, 2.75) is 26.2 Å². The highest BCUT2D eigenvalue weighted by Gasteiger charge is 2.21. The zero-order chi connectivity index (χ0) is 25.6. The lowest BCUT2D eigenvalue weighted by Gasteiger charge is -2.21. The van der Waals surface area contributed by atoms with E-state index in [-0.39, 0.29) is 5.41 Å². The van der Waals surface area contributed by atoms with Crippen molar-refractivity contribution < 1.29 is 0 Å². The monoisotopic (exact) mass is 477 g/mol. The van der Waals surface area contributed by atoms with E-state index >= 15 is 0 Å². The standard InChI is InChI=1S/C34H27N3/c1-34(2,3)26-13-14-28-27-11-7-8-12-31(27)37(32(28)20-26)33-21-29(24-15-17-36-18-16-24)25(22-35)19-30(33)23-9-5-4-6-10-23/h4-21H,1-3H3. The molecule has 2 aromatic heterocycles. The Morgan fingerprint density at radius 1 is 0.676 bits per heavy atom. The Kier molecular flexibility index (Phi) is 5.39. The molecule has 0 fully saturated rings. The van der Waals surface area contributed by atoms with Gasteiger partial charge in [-0.25, -0.2) is 0 Å². The zero-order valence-corrected chi connectivity index (χ0v) is 21.2. The predicted octanol–water partition coefficient (Wildman–Crippen LogP) is 8.68. The Balaban J connectivity index is 1.78. The van der Waals surface area contributed by atoms with Crippen LogP contribution in [0.3, 0.4) is 0 Å². The SMILES string of the molecule is CC(C)(C)c1ccc2c3ccccc3n(-c3cc(-c4ccncc4)c(C#N)cc3-c3ccccc3)c2c1. The van der Waals surface area contributed by atoms with E-state index in [2.05, 4.69) is 97.1 Å². The number of nitrogens with zero attached hydrogens (tertiary/aromatic N) is 3. The molecule has 3 nitrogen and oxygen atoms in total. The highest BCUT2D eigenvalue weighted by molar-refractivity contribution is 6.10. The molecule has 0 amide bonds. The fourth-order valence-corrected chi connectivity index (χ4v) is 5.18. The van der Waals surface area contributed by atoms with E-state index in [4.69, 9.17) is 0 Å². The van der Waals surface area contributed by atoms with E-state index in [1.165, 1.54) is 16.3 Å². The first-order valence-electron chi connectivity index (χ1n) is 12.5. The van der Waals surface area contributed by atoms with Crippen LogP contribution in [-0.2, 0) is 5.41 Å². The number of hydrogen-bond donors (Lipinski definition) is 0. The van der Waals surface area contributed by atoms with Gasteiger partial charge in [0, 0.05) is 34.3 Å². The van der Waals surface area contributed by atoms with Gasteiger partial charge in [0.15, 0.2) is 0 Å². The van der Waals surface area contributed by atoms with Crippen LogP contribution in [0.15, 0.2) is 109 Å². The summed E-state index contributed by atoms with van der Waals surface area (Å²) in [5, 5.41) is 12.6. The Morgan fingerprint density at radius 2 is 1.35 bits per heavy atom. The van der Waals surface area contributed by atoms with Gasteiger partial charge < -0.3 is 4.57 Å². The highest BCUT2D eigenvalue weighted by atomic mass is 15.0. The summed E-state index contributed by atoms with van der Waals surface area (Å²) in [7, 11) is 0. The van der Waals surface area contributed by atoms with Crippen LogP contribution in [0.1, 0.15) is 31.9 Å². The third-order valence-corrected chi connectivity index (χ3v) is 7.11. The minimum absolute atomic E-state index is 0.0185. The molecule has 6 rings (SSSR count). The van der Waals surface area contributed by atoms with Crippen LogP contribution < -0.4 is 0 Å². The summed E-state index contributed by atoms with van der Waals surface area (Å²) in [6, 6.07) is 36.3. The van der Waals surface area contributed by atoms with Gasteiger partial charge in [0.1, 0.15) is 0 Å². The van der Waals surface area contributed by atoms with Crippen molar-refractivity contribution in [1.29, 1.82) is 5.26 Å². The molecular weight excluding hydrogens is 450 g/mol. The maximum atomic E-state index is 10.2. The fourth-order valence-electron chi connectivity index (χ4n) is 5.18. The minimum atomic E-state index is 0.0185. The molecule has 37 heavy (non-hydrogen) atoms. The maximum absolute atomic E-state index is 10.2. The second-order valence-electron chi connectivity index (χ2n) is 10.5. The lowest BCUT2D eigenvalue weighted by Crippen LogP contribution is -2.11. The molecule has 0 saturated heterocycles. The fraction of sp³-hybridized carbons (Fsp3) is 0.118. The number of fused-ring (bicyclic) bond motifs is 3. The topological polar surface area (TPSA) is 41.6 Å². The molecule has 6 aromatic rings. The first-order chi connectivity index (χ1) is 18.0. The lowest BCUT2D eigenvalue weighted by atomic mass is 9.86. The van der Waals surface area contributed by atoms with Gasteiger partial charge in [0.2, 0.25) is 0 Å². The molecule has 0 saturated carbocycles. The largest absolute Gasteiger partial charge is 0.309 e. The number of pyridine rings is 1. The first kappa shape index (κ1) is 22.8. The number of aromatic nitrogens is 2. The smallest absolute Gasteiger partial charge is 0.0998 e. The number of nitriles is 1. The van der Waals surface area contributed by atoms with Crippen molar-refractivity contribution in [1.82, 2.24) is 9.55 Å². The van der Waals surface area contributed by atoms with Gasteiger partial charge in [0.25, 0.3) is 0 Å². The molecule has 3 heteroatoms. The number of benzene rings is 4. The average molecular weight is 478 g/mol. The third-order valence-electron chi connectivity index (χ3n) is 7.11. The summed E-state index contributed by atoms with van der Waals surface area (Å²) >= 11 is 0. The highest BCUT2D eigenvalue weighted by Crippen LogP contribution is 2.40. The van der Waals surface area contributed by atoms with Gasteiger partial charge >= 0.3 is 0 Å². The summed E-state index contributed by atoms with van der Waals surface area (Å²) in [5.41, 5.74) is 9.28. The number of hydrogen-bond acceptors (Lipinski definition) is 2. The third kappa shape index (κ3) is 3.88. The van der Waals surface area contributed by atoms with E-state index in [1.807, 2.05) is 36.4 Å². The predicted molar refractivity (Wildman–Crippen MR) is 153 cm³/mol. The van der Waals surface area contributed by atoms with Crippen molar-refractivity contribution in [3.8, 4) is 34.0 Å². The van der Waals surface area contributed by atoms with Crippen LogP contribution in [0.25, 0.3) is 49.7 Å². The molecular formula is C34H27N3. The molecule has 0 aliphatic heterocycles. The van der Waals surface area contributed by atoms with E-state index in [0.29, 0.717) is 5.56 Å². The molecule has 0 aliphatic rings. The summed E-state index contributed by atoms with van der Waals surface area (Å²) in [4.78, 5) is 4.19. The molecule has 0 radical (unpaired) electrons. The quantitative estimate of drug-likeness (QED) is 0.256. The van der Waals surface area contributed by atoms with Gasteiger partial charge in [-0.2, -0.15) is 5.26 Å². The molecule has 0 atom stereocenters. The Labute approximate surface area is 217 Å². The second-order valence-corrected chi connectivity index (χ2v) is 10.5. The lowest BCUT2D eigenvalue weighted by molar-refractivity contribution is 0.591. The molecule has 0 unspecified atom stereocenters. The molecule has 0 aliphatic carbocycles. The second kappa shape index (κ2) is 8.76. The van der Waals surface area contributed by atoms with Crippen LogP contribution in [0.2, 0.25) is 0 Å². The van der Waals surface area contributed by atoms with Crippen LogP contribution in [0, 0.1) is 11.3 Å². The summed E-state index contributed by atoms with van der Waals surface area (Å²) in [5.74, 6) is 0. The normalized spacial score (nSPS) is 11.6. The van der Waals surface area contributed by atoms with Gasteiger partial charge in [-0.3, -0.25) is 4.98 Å². The van der Waals surface area contributed by atoms with Gasteiger partial charge in [-0.15, -0.1) is 0 Å². The summed E-state index contributed by atoms with van der Waals surface area (Å²) < 4.78 is 2.37. The first-order valence-corrected chi connectivity index (χ1v) is 12.5.